The molecule has 0 bridgehead atoms. The van der Waals surface area contributed by atoms with Gasteiger partial charge in [-0.05, 0) is 31.1 Å². The summed E-state index contributed by atoms with van der Waals surface area (Å²) in [5, 5.41) is 3.19. The van der Waals surface area contributed by atoms with Gasteiger partial charge in [0.2, 0.25) is 0 Å². The molecule has 0 amide bonds. The normalized spacial score (nSPS) is 16.6. The largest absolute Gasteiger partial charge is 0.380 e. The second kappa shape index (κ2) is 4.58. The number of benzene rings is 1. The quantitative estimate of drug-likeness (QED) is 0.780. The van der Waals surface area contributed by atoms with E-state index in [4.69, 9.17) is 4.74 Å². The molecule has 76 valence electrons. The van der Waals surface area contributed by atoms with Crippen LogP contribution in [0.4, 0.5) is 0 Å². The Morgan fingerprint density at radius 1 is 1.36 bits per heavy atom. The zero-order valence-corrected chi connectivity index (χ0v) is 8.62. The van der Waals surface area contributed by atoms with E-state index < -0.39 is 0 Å². The van der Waals surface area contributed by atoms with Crippen LogP contribution in [0.5, 0.6) is 0 Å². The number of rotatable bonds is 4. The van der Waals surface area contributed by atoms with Gasteiger partial charge < -0.3 is 10.1 Å². The molecule has 1 aliphatic heterocycles. The number of likely N-dealkylation sites (N-methyl/N-ethyl adjacent to an activating group) is 1. The maximum atomic E-state index is 5.23. The van der Waals surface area contributed by atoms with Gasteiger partial charge in [0.25, 0.3) is 0 Å². The van der Waals surface area contributed by atoms with Crippen LogP contribution >= 0.6 is 0 Å². The van der Waals surface area contributed by atoms with Crippen LogP contribution in [-0.4, -0.2) is 26.8 Å². The van der Waals surface area contributed by atoms with Crippen LogP contribution in [0.15, 0.2) is 24.3 Å². The first-order chi connectivity index (χ1) is 6.92. The van der Waals surface area contributed by atoms with Gasteiger partial charge in [-0.3, -0.25) is 0 Å². The lowest BCUT2D eigenvalue weighted by Gasteiger charge is -2.28. The lowest BCUT2D eigenvalue weighted by molar-refractivity contribution is 0.00808. The zero-order valence-electron chi connectivity index (χ0n) is 8.62. The second-order valence-corrected chi connectivity index (χ2v) is 3.79. The third kappa shape index (κ3) is 1.97. The van der Waals surface area contributed by atoms with E-state index >= 15 is 0 Å². The Bertz CT molecular complexity index is 294. The smallest absolute Gasteiger partial charge is 0.0557 e. The summed E-state index contributed by atoms with van der Waals surface area (Å²) < 4.78 is 5.23. The average molecular weight is 191 g/mol. The molecule has 1 aromatic rings. The first-order valence-electron chi connectivity index (χ1n) is 5.22. The molecule has 2 rings (SSSR count). The summed E-state index contributed by atoms with van der Waals surface area (Å²) in [4.78, 5) is 0. The van der Waals surface area contributed by atoms with Gasteiger partial charge in [-0.15, -0.1) is 0 Å². The minimum absolute atomic E-state index is 0.642. The monoisotopic (exact) mass is 191 g/mol. The third-order valence-corrected chi connectivity index (χ3v) is 2.78. The summed E-state index contributed by atoms with van der Waals surface area (Å²) in [5.74, 6) is 0.642. The average Bonchev–Trinajstić information content (AvgIpc) is 2.14. The van der Waals surface area contributed by atoms with Crippen LogP contribution in [0.2, 0.25) is 0 Å². The minimum Gasteiger partial charge on any atom is -0.380 e. The zero-order chi connectivity index (χ0) is 9.80. The van der Waals surface area contributed by atoms with Crippen molar-refractivity contribution in [3.05, 3.63) is 35.4 Å². The van der Waals surface area contributed by atoms with E-state index in [2.05, 4.69) is 29.6 Å². The fourth-order valence-corrected chi connectivity index (χ4v) is 1.84. The van der Waals surface area contributed by atoms with Crippen molar-refractivity contribution in [2.45, 2.75) is 12.3 Å². The molecule has 0 aliphatic carbocycles. The summed E-state index contributed by atoms with van der Waals surface area (Å²) in [6.07, 6.45) is 1.11. The van der Waals surface area contributed by atoms with Gasteiger partial charge in [-0.25, -0.2) is 0 Å². The van der Waals surface area contributed by atoms with Crippen molar-refractivity contribution in [2.75, 3.05) is 26.8 Å². The molecule has 0 radical (unpaired) electrons. The minimum atomic E-state index is 0.642. The molecule has 1 fully saturated rings. The Hall–Kier alpha value is -0.860. The highest BCUT2D eigenvalue weighted by molar-refractivity contribution is 5.31. The summed E-state index contributed by atoms with van der Waals surface area (Å²) in [6.45, 7) is 2.84. The van der Waals surface area contributed by atoms with E-state index in [1.165, 1.54) is 11.1 Å². The number of nitrogens with one attached hydrogen (secondary N) is 1. The molecule has 0 aromatic heterocycles. The lowest BCUT2D eigenvalue weighted by Crippen LogP contribution is -2.26. The van der Waals surface area contributed by atoms with E-state index in [0.717, 1.165) is 26.2 Å². The van der Waals surface area contributed by atoms with Crippen molar-refractivity contribution in [3.8, 4) is 0 Å². The number of ether oxygens (including phenoxy) is 1. The maximum absolute atomic E-state index is 5.23. The van der Waals surface area contributed by atoms with Crippen LogP contribution in [0.25, 0.3) is 0 Å². The van der Waals surface area contributed by atoms with Crippen LogP contribution in [0.1, 0.15) is 17.0 Å². The van der Waals surface area contributed by atoms with E-state index in [9.17, 15) is 0 Å². The Morgan fingerprint density at radius 3 is 2.79 bits per heavy atom. The second-order valence-electron chi connectivity index (χ2n) is 3.79. The highest BCUT2D eigenvalue weighted by Crippen LogP contribution is 2.26. The molecule has 0 unspecified atom stereocenters. The van der Waals surface area contributed by atoms with Crippen molar-refractivity contribution in [2.24, 2.45) is 0 Å². The van der Waals surface area contributed by atoms with Gasteiger partial charge in [0, 0.05) is 5.92 Å². The van der Waals surface area contributed by atoms with Crippen molar-refractivity contribution in [1.29, 1.82) is 0 Å². The Balaban J connectivity index is 2.11. The maximum Gasteiger partial charge on any atom is 0.0557 e. The van der Waals surface area contributed by atoms with Gasteiger partial charge >= 0.3 is 0 Å². The Labute approximate surface area is 85.3 Å². The fourth-order valence-electron chi connectivity index (χ4n) is 1.84. The molecule has 2 heteroatoms. The SMILES string of the molecule is CNCCc1ccccc1C1COC1. The van der Waals surface area contributed by atoms with Crippen molar-refractivity contribution in [1.82, 2.24) is 5.32 Å². The predicted octanol–water partition coefficient (Wildman–Crippen LogP) is 1.56. The Kier molecular flexibility index (Phi) is 3.17. The van der Waals surface area contributed by atoms with Gasteiger partial charge in [-0.2, -0.15) is 0 Å². The van der Waals surface area contributed by atoms with Gasteiger partial charge in [-0.1, -0.05) is 24.3 Å². The molecule has 0 saturated carbocycles. The molecular formula is C12H17NO. The first kappa shape index (κ1) is 9.69. The number of hydrogen-bond donors (Lipinski definition) is 1. The standard InChI is InChI=1S/C12H17NO/c1-13-7-6-10-4-2-3-5-12(10)11-8-14-9-11/h2-5,11,13H,6-9H2,1H3. The van der Waals surface area contributed by atoms with Crippen LogP contribution in [-0.2, 0) is 11.2 Å². The predicted molar refractivity (Wildman–Crippen MR) is 57.6 cm³/mol. The van der Waals surface area contributed by atoms with Crippen molar-refractivity contribution < 1.29 is 4.74 Å². The van der Waals surface area contributed by atoms with Crippen molar-refractivity contribution in [3.63, 3.8) is 0 Å². The van der Waals surface area contributed by atoms with Gasteiger partial charge in [0.15, 0.2) is 0 Å². The van der Waals surface area contributed by atoms with Crippen LogP contribution in [0, 0.1) is 0 Å². The van der Waals surface area contributed by atoms with Gasteiger partial charge in [0.05, 0.1) is 13.2 Å². The summed E-state index contributed by atoms with van der Waals surface area (Å²) in [7, 11) is 2.00. The summed E-state index contributed by atoms with van der Waals surface area (Å²) in [5.41, 5.74) is 2.95. The van der Waals surface area contributed by atoms with E-state index in [0.29, 0.717) is 5.92 Å². The topological polar surface area (TPSA) is 21.3 Å². The highest BCUT2D eigenvalue weighted by atomic mass is 16.5. The molecule has 1 saturated heterocycles. The molecule has 0 spiro atoms. The highest BCUT2D eigenvalue weighted by Gasteiger charge is 2.22. The molecule has 0 atom stereocenters. The first-order valence-corrected chi connectivity index (χ1v) is 5.22. The van der Waals surface area contributed by atoms with Crippen molar-refractivity contribution >= 4 is 0 Å². The van der Waals surface area contributed by atoms with Crippen LogP contribution < -0.4 is 5.32 Å². The number of hydrogen-bond acceptors (Lipinski definition) is 2. The molecule has 1 N–H and O–H groups in total. The van der Waals surface area contributed by atoms with E-state index in [-0.39, 0.29) is 0 Å². The molecule has 1 aliphatic rings. The molecule has 14 heavy (non-hydrogen) atoms. The molecular weight excluding hydrogens is 174 g/mol. The third-order valence-electron chi connectivity index (χ3n) is 2.78. The Morgan fingerprint density at radius 2 is 2.14 bits per heavy atom. The van der Waals surface area contributed by atoms with Gasteiger partial charge in [0.1, 0.15) is 0 Å². The van der Waals surface area contributed by atoms with Crippen LogP contribution in [0.3, 0.4) is 0 Å². The molecule has 2 nitrogen and oxygen atoms in total. The molecule has 1 aromatic carbocycles. The fraction of sp³-hybridized carbons (Fsp3) is 0.500. The summed E-state index contributed by atoms with van der Waals surface area (Å²) in [6, 6.07) is 8.70. The summed E-state index contributed by atoms with van der Waals surface area (Å²) >= 11 is 0. The van der Waals surface area contributed by atoms with E-state index in [1.807, 2.05) is 7.05 Å². The van der Waals surface area contributed by atoms with E-state index in [1.54, 1.807) is 0 Å². The molecule has 1 heterocycles. The lowest BCUT2D eigenvalue weighted by atomic mass is 9.91.